The van der Waals surface area contributed by atoms with Gasteiger partial charge in [0.1, 0.15) is 0 Å². The fourth-order valence-corrected chi connectivity index (χ4v) is 2.72. The summed E-state index contributed by atoms with van der Waals surface area (Å²) >= 11 is 0. The third-order valence-corrected chi connectivity index (χ3v) is 3.89. The molecule has 1 heterocycles. The van der Waals surface area contributed by atoms with Crippen LogP contribution >= 0.6 is 0 Å². The van der Waals surface area contributed by atoms with Gasteiger partial charge in [0.25, 0.3) is 5.69 Å². The highest BCUT2D eigenvalue weighted by Crippen LogP contribution is 2.19. The van der Waals surface area contributed by atoms with Gasteiger partial charge in [-0.15, -0.1) is 0 Å². The fourth-order valence-electron chi connectivity index (χ4n) is 2.72. The second kappa shape index (κ2) is 7.33. The van der Waals surface area contributed by atoms with Crippen LogP contribution in [-0.2, 0) is 16.0 Å². The molecule has 1 amide bonds. The van der Waals surface area contributed by atoms with Crippen LogP contribution in [-0.4, -0.2) is 43.2 Å². The number of hydrogen-bond acceptors (Lipinski definition) is 5. The summed E-state index contributed by atoms with van der Waals surface area (Å²) < 4.78 is 5.24. The monoisotopic (exact) mass is 307 g/mol. The molecule has 1 saturated heterocycles. The predicted molar refractivity (Wildman–Crippen MR) is 81.7 cm³/mol. The van der Waals surface area contributed by atoms with Crippen LogP contribution in [0.15, 0.2) is 24.3 Å². The molecule has 0 spiro atoms. The molecule has 0 bridgehead atoms. The fraction of sp³-hybridized carbons (Fsp3) is 0.533. The Kier molecular flexibility index (Phi) is 5.46. The van der Waals surface area contributed by atoms with Gasteiger partial charge in [0.15, 0.2) is 0 Å². The summed E-state index contributed by atoms with van der Waals surface area (Å²) in [7, 11) is 1.65. The Labute approximate surface area is 129 Å². The molecule has 0 saturated carbocycles. The van der Waals surface area contributed by atoms with Gasteiger partial charge in [-0.2, -0.15) is 0 Å². The zero-order chi connectivity index (χ0) is 16.0. The Bertz CT molecular complexity index is 524. The molecule has 1 atom stereocenters. The first kappa shape index (κ1) is 16.4. The molecule has 0 aromatic heterocycles. The first-order chi connectivity index (χ1) is 10.5. The van der Waals surface area contributed by atoms with Gasteiger partial charge in [0.05, 0.1) is 23.5 Å². The molecule has 1 aromatic rings. The number of nitro groups is 1. The summed E-state index contributed by atoms with van der Waals surface area (Å²) in [6, 6.07) is 6.04. The Morgan fingerprint density at radius 3 is 2.73 bits per heavy atom. The Balaban J connectivity index is 1.85. The van der Waals surface area contributed by atoms with Crippen LogP contribution in [0.4, 0.5) is 5.69 Å². The minimum Gasteiger partial charge on any atom is -0.383 e. The van der Waals surface area contributed by atoms with Crippen molar-refractivity contribution in [2.75, 3.05) is 26.8 Å². The molecule has 2 N–H and O–H groups in total. The zero-order valence-corrected chi connectivity index (χ0v) is 12.6. The number of benzene rings is 1. The highest BCUT2D eigenvalue weighted by molar-refractivity contribution is 5.78. The SMILES string of the molecule is COCC1(CNC(=O)Cc2ccc([N+](=O)[O-])cc2)CCCN1. The van der Waals surface area contributed by atoms with E-state index in [4.69, 9.17) is 4.74 Å². The van der Waals surface area contributed by atoms with E-state index >= 15 is 0 Å². The van der Waals surface area contributed by atoms with E-state index in [1.165, 1.54) is 12.1 Å². The van der Waals surface area contributed by atoms with Crippen LogP contribution in [0.2, 0.25) is 0 Å². The molecule has 120 valence electrons. The number of carbonyl (C=O) groups is 1. The summed E-state index contributed by atoms with van der Waals surface area (Å²) in [6.45, 7) is 2.01. The lowest BCUT2D eigenvalue weighted by molar-refractivity contribution is -0.384. The van der Waals surface area contributed by atoms with Crippen molar-refractivity contribution in [1.82, 2.24) is 10.6 Å². The first-order valence-electron chi connectivity index (χ1n) is 7.29. The van der Waals surface area contributed by atoms with E-state index in [1.807, 2.05) is 0 Å². The number of amides is 1. The van der Waals surface area contributed by atoms with Crippen LogP contribution in [0.25, 0.3) is 0 Å². The topological polar surface area (TPSA) is 93.5 Å². The van der Waals surface area contributed by atoms with Crippen molar-refractivity contribution in [3.8, 4) is 0 Å². The number of nitrogens with zero attached hydrogens (tertiary/aromatic N) is 1. The minimum atomic E-state index is -0.454. The van der Waals surface area contributed by atoms with Crippen molar-refractivity contribution < 1.29 is 14.5 Å². The number of nitro benzene ring substituents is 1. The highest BCUT2D eigenvalue weighted by Gasteiger charge is 2.33. The standard InChI is InChI=1S/C15H21N3O4/c1-22-11-15(7-2-8-17-15)10-16-14(19)9-12-3-5-13(6-4-12)18(20)21/h3-6,17H,2,7-11H2,1H3,(H,16,19). The second-order valence-corrected chi connectivity index (χ2v) is 5.62. The first-order valence-corrected chi connectivity index (χ1v) is 7.29. The number of carbonyl (C=O) groups excluding carboxylic acids is 1. The van der Waals surface area contributed by atoms with Gasteiger partial charge in [-0.05, 0) is 24.9 Å². The minimum absolute atomic E-state index is 0.0263. The maximum absolute atomic E-state index is 12.0. The predicted octanol–water partition coefficient (Wildman–Crippen LogP) is 1.02. The number of nitrogens with one attached hydrogen (secondary N) is 2. The zero-order valence-electron chi connectivity index (χ0n) is 12.6. The van der Waals surface area contributed by atoms with E-state index in [0.717, 1.165) is 24.9 Å². The second-order valence-electron chi connectivity index (χ2n) is 5.62. The van der Waals surface area contributed by atoms with Crippen molar-refractivity contribution in [2.24, 2.45) is 0 Å². The van der Waals surface area contributed by atoms with Crippen LogP contribution < -0.4 is 10.6 Å². The van der Waals surface area contributed by atoms with E-state index < -0.39 is 4.92 Å². The molecular formula is C15H21N3O4. The van der Waals surface area contributed by atoms with Gasteiger partial charge >= 0.3 is 0 Å². The van der Waals surface area contributed by atoms with Crippen molar-refractivity contribution in [3.05, 3.63) is 39.9 Å². The normalized spacial score (nSPS) is 20.8. The van der Waals surface area contributed by atoms with E-state index in [9.17, 15) is 14.9 Å². The lowest BCUT2D eigenvalue weighted by Crippen LogP contribution is -2.53. The van der Waals surface area contributed by atoms with Gasteiger partial charge < -0.3 is 15.4 Å². The van der Waals surface area contributed by atoms with Gasteiger partial charge in [0, 0.05) is 25.8 Å². The number of non-ortho nitro benzene ring substituents is 1. The summed E-state index contributed by atoms with van der Waals surface area (Å²) in [5.41, 5.74) is 0.599. The number of methoxy groups -OCH3 is 1. The summed E-state index contributed by atoms with van der Waals surface area (Å²) in [5, 5.41) is 16.9. The number of rotatable bonds is 7. The van der Waals surface area contributed by atoms with Gasteiger partial charge in [-0.1, -0.05) is 12.1 Å². The lowest BCUT2D eigenvalue weighted by atomic mass is 9.98. The average molecular weight is 307 g/mol. The maximum atomic E-state index is 12.0. The van der Waals surface area contributed by atoms with Crippen molar-refractivity contribution >= 4 is 11.6 Å². The van der Waals surface area contributed by atoms with Gasteiger partial charge in [-0.3, -0.25) is 14.9 Å². The van der Waals surface area contributed by atoms with E-state index in [1.54, 1.807) is 19.2 Å². The summed E-state index contributed by atoms with van der Waals surface area (Å²) in [4.78, 5) is 22.2. The van der Waals surface area contributed by atoms with Crippen LogP contribution in [0.1, 0.15) is 18.4 Å². The Hall–Kier alpha value is -1.99. The number of ether oxygens (including phenoxy) is 1. The van der Waals surface area contributed by atoms with Crippen LogP contribution in [0.3, 0.4) is 0 Å². The molecule has 2 rings (SSSR count). The largest absolute Gasteiger partial charge is 0.383 e. The molecule has 1 aliphatic heterocycles. The van der Waals surface area contributed by atoms with Crippen LogP contribution in [0, 0.1) is 10.1 Å². The third-order valence-electron chi connectivity index (χ3n) is 3.89. The van der Waals surface area contributed by atoms with Gasteiger partial charge in [0.2, 0.25) is 5.91 Å². The molecule has 1 unspecified atom stereocenters. The Morgan fingerprint density at radius 2 is 2.18 bits per heavy atom. The van der Waals surface area contributed by atoms with Crippen molar-refractivity contribution in [2.45, 2.75) is 24.8 Å². The molecule has 1 fully saturated rings. The molecule has 7 nitrogen and oxygen atoms in total. The molecule has 1 aromatic carbocycles. The quantitative estimate of drug-likeness (QED) is 0.579. The molecule has 1 aliphatic rings. The summed E-state index contributed by atoms with van der Waals surface area (Å²) in [5.74, 6) is -0.0990. The maximum Gasteiger partial charge on any atom is 0.269 e. The molecule has 0 aliphatic carbocycles. The van der Waals surface area contributed by atoms with E-state index in [2.05, 4.69) is 10.6 Å². The number of hydrogen-bond donors (Lipinski definition) is 2. The van der Waals surface area contributed by atoms with Crippen molar-refractivity contribution in [3.63, 3.8) is 0 Å². The Morgan fingerprint density at radius 1 is 1.45 bits per heavy atom. The van der Waals surface area contributed by atoms with Crippen molar-refractivity contribution in [1.29, 1.82) is 0 Å². The molecule has 7 heteroatoms. The lowest BCUT2D eigenvalue weighted by Gasteiger charge is -2.29. The molecule has 0 radical (unpaired) electrons. The van der Waals surface area contributed by atoms with Crippen LogP contribution in [0.5, 0.6) is 0 Å². The molecular weight excluding hydrogens is 286 g/mol. The molecule has 22 heavy (non-hydrogen) atoms. The average Bonchev–Trinajstić information content (AvgIpc) is 2.95. The van der Waals surface area contributed by atoms with E-state index in [0.29, 0.717) is 13.2 Å². The smallest absolute Gasteiger partial charge is 0.269 e. The summed E-state index contributed by atoms with van der Waals surface area (Å²) in [6.07, 6.45) is 2.25. The van der Waals surface area contributed by atoms with E-state index in [-0.39, 0.29) is 23.6 Å². The highest BCUT2D eigenvalue weighted by atomic mass is 16.6. The third kappa shape index (κ3) is 4.25. The van der Waals surface area contributed by atoms with Gasteiger partial charge in [-0.25, -0.2) is 0 Å².